The van der Waals surface area contributed by atoms with Gasteiger partial charge in [0.05, 0.1) is 28.8 Å². The molecule has 1 aliphatic heterocycles. The zero-order valence-electron chi connectivity index (χ0n) is 18.3. The van der Waals surface area contributed by atoms with E-state index in [0.717, 1.165) is 18.4 Å². The summed E-state index contributed by atoms with van der Waals surface area (Å²) in [6, 6.07) is 0. The van der Waals surface area contributed by atoms with Gasteiger partial charge in [0.15, 0.2) is 0 Å². The minimum absolute atomic E-state index is 0.0578. The molecule has 1 rings (SSSR count). The van der Waals surface area contributed by atoms with E-state index in [1.165, 1.54) is 3.11 Å². The lowest BCUT2D eigenvalue weighted by Crippen LogP contribution is -2.41. The maximum absolute atomic E-state index is 12.2. The van der Waals surface area contributed by atoms with Crippen molar-refractivity contribution < 1.29 is 9.59 Å². The van der Waals surface area contributed by atoms with E-state index in [-0.39, 0.29) is 39.4 Å². The Morgan fingerprint density at radius 1 is 1.00 bits per heavy atom. The lowest BCUT2D eigenvalue weighted by Gasteiger charge is -2.50. The fraction of sp³-hybridized carbons (Fsp3) is 0.818. The molecule has 1 heterocycles. The number of nitrogens with zero attached hydrogens (tertiary/aromatic N) is 1. The van der Waals surface area contributed by atoms with Crippen LogP contribution in [-0.4, -0.2) is 14.9 Å². The van der Waals surface area contributed by atoms with Crippen LogP contribution in [-0.2, 0) is 9.59 Å². The van der Waals surface area contributed by atoms with Crippen molar-refractivity contribution in [3.8, 4) is 0 Å². The van der Waals surface area contributed by atoms with Crippen LogP contribution in [0.25, 0.3) is 0 Å². The van der Waals surface area contributed by atoms with E-state index in [4.69, 9.17) is 0 Å². The molecule has 0 aromatic heterocycles. The van der Waals surface area contributed by atoms with Gasteiger partial charge in [-0.15, -0.1) is 0 Å². The Balaban J connectivity index is 2.82. The summed E-state index contributed by atoms with van der Waals surface area (Å²) in [4.78, 5) is 23.9. The summed E-state index contributed by atoms with van der Waals surface area (Å²) in [5.41, 5.74) is 1.71. The number of carbonyl (C=O) groups is 2. The van der Waals surface area contributed by atoms with Gasteiger partial charge in [0, 0.05) is 6.42 Å². The molecule has 0 radical (unpaired) electrons. The van der Waals surface area contributed by atoms with Crippen molar-refractivity contribution in [1.82, 2.24) is 3.11 Å². The minimum Gasteiger partial charge on any atom is -0.274 e. The Bertz CT molecular complexity index is 581. The largest absolute Gasteiger partial charge is 0.274 e. The highest BCUT2D eigenvalue weighted by Crippen LogP contribution is 2.54. The lowest BCUT2D eigenvalue weighted by molar-refractivity contribution is -0.131. The third kappa shape index (κ3) is 5.11. The van der Waals surface area contributed by atoms with Crippen molar-refractivity contribution in [3.05, 3.63) is 12.2 Å². The molecule has 26 heavy (non-hydrogen) atoms. The fourth-order valence-electron chi connectivity index (χ4n) is 3.72. The predicted octanol–water partition coefficient (Wildman–Crippen LogP) is 6.56. The van der Waals surface area contributed by atoms with Gasteiger partial charge in [-0.3, -0.25) is 9.59 Å². The summed E-state index contributed by atoms with van der Waals surface area (Å²) in [6.45, 7) is 25.2. The van der Waals surface area contributed by atoms with Crippen LogP contribution in [0.1, 0.15) is 88.0 Å². The van der Waals surface area contributed by atoms with Gasteiger partial charge in [0.2, 0.25) is 11.8 Å². The number of carbonyl (C=O) groups excluding carboxylic acids is 2. The van der Waals surface area contributed by atoms with E-state index < -0.39 is 0 Å². The first kappa shape index (κ1) is 23.6. The summed E-state index contributed by atoms with van der Waals surface area (Å²) >= 11 is 1.81. The van der Waals surface area contributed by atoms with Gasteiger partial charge < -0.3 is 0 Å². The number of halogens is 1. The molecule has 0 aromatic carbocycles. The van der Waals surface area contributed by atoms with Gasteiger partial charge in [0.1, 0.15) is 0 Å². The first-order chi connectivity index (χ1) is 11.4. The van der Waals surface area contributed by atoms with E-state index >= 15 is 0 Å². The molecule has 0 aliphatic carbocycles. The monoisotopic (exact) mass is 475 g/mol. The molecule has 1 aliphatic rings. The summed E-state index contributed by atoms with van der Waals surface area (Å²) in [6.07, 6.45) is 2.93. The van der Waals surface area contributed by atoms with Crippen molar-refractivity contribution in [1.29, 1.82) is 0 Å². The van der Waals surface area contributed by atoms with Gasteiger partial charge in [-0.25, -0.2) is 3.11 Å². The van der Waals surface area contributed by atoms with Crippen molar-refractivity contribution in [2.75, 3.05) is 0 Å². The molecule has 1 unspecified atom stereocenters. The number of amides is 2. The van der Waals surface area contributed by atoms with Crippen LogP contribution in [0.5, 0.6) is 0 Å². The molecule has 2 amide bonds. The zero-order chi connectivity index (χ0) is 20.7. The molecule has 1 fully saturated rings. The van der Waals surface area contributed by atoms with Crippen LogP contribution < -0.4 is 0 Å². The molecular weight excluding hydrogens is 437 g/mol. The van der Waals surface area contributed by atoms with Crippen molar-refractivity contribution >= 4 is 34.7 Å². The number of imide groups is 1. The zero-order valence-corrected chi connectivity index (χ0v) is 20.4. The quantitative estimate of drug-likeness (QED) is 0.181. The average molecular weight is 475 g/mol. The number of hydrogen-bond acceptors (Lipinski definition) is 2. The van der Waals surface area contributed by atoms with E-state index in [9.17, 15) is 9.59 Å². The summed E-state index contributed by atoms with van der Waals surface area (Å²) in [5, 5.41) is 0. The van der Waals surface area contributed by atoms with Gasteiger partial charge in [-0.05, 0) is 40.9 Å². The Kier molecular flexibility index (Phi) is 6.87. The van der Waals surface area contributed by atoms with Gasteiger partial charge in [0.25, 0.3) is 0 Å². The molecule has 1 saturated heterocycles. The first-order valence-electron chi connectivity index (χ1n) is 9.60. The molecule has 0 aromatic rings. The molecule has 0 bridgehead atoms. The number of rotatable bonds is 7. The second-order valence-electron chi connectivity index (χ2n) is 11.1. The van der Waals surface area contributed by atoms with Crippen LogP contribution in [0, 0.1) is 27.6 Å². The maximum atomic E-state index is 12.2. The van der Waals surface area contributed by atoms with Crippen molar-refractivity contribution in [2.45, 2.75) is 88.0 Å². The highest BCUT2D eigenvalue weighted by Gasteiger charge is 2.45. The normalized spacial score (nSPS) is 20.1. The smallest absolute Gasteiger partial charge is 0.242 e. The van der Waals surface area contributed by atoms with E-state index in [0.29, 0.717) is 12.8 Å². The lowest BCUT2D eigenvalue weighted by atomic mass is 9.55. The van der Waals surface area contributed by atoms with Gasteiger partial charge >= 0.3 is 0 Å². The maximum Gasteiger partial charge on any atom is 0.242 e. The highest BCUT2D eigenvalue weighted by atomic mass is 127. The molecule has 150 valence electrons. The number of allylic oxidation sites excluding steroid dienone is 1. The standard InChI is InChI=1S/C22H38INO2/c1-15(11-16-12-17(25)24(23)18(16)26)13-20(5,6)22(9,10)14-21(7,8)19(2,3)4/h16H,1,11-14H2,2-10H3. The Morgan fingerprint density at radius 2 is 1.50 bits per heavy atom. The van der Waals surface area contributed by atoms with Crippen LogP contribution in [0.2, 0.25) is 0 Å². The molecule has 0 N–H and O–H groups in total. The Hall–Kier alpha value is -0.390. The average Bonchev–Trinajstić information content (AvgIpc) is 2.63. The van der Waals surface area contributed by atoms with E-state index in [2.05, 4.69) is 68.9 Å². The molecular formula is C22H38INO2. The van der Waals surface area contributed by atoms with Crippen molar-refractivity contribution in [2.24, 2.45) is 27.6 Å². The molecule has 4 heteroatoms. The van der Waals surface area contributed by atoms with E-state index in [1.54, 1.807) is 0 Å². The molecule has 1 atom stereocenters. The summed E-state index contributed by atoms with van der Waals surface area (Å²) < 4.78 is 1.23. The third-order valence-electron chi connectivity index (χ3n) is 7.16. The SMILES string of the molecule is C=C(CC1CC(=O)N(I)C1=O)CC(C)(C)C(C)(C)CC(C)(C)C(C)(C)C. The predicted molar refractivity (Wildman–Crippen MR) is 118 cm³/mol. The van der Waals surface area contributed by atoms with Crippen LogP contribution in [0.15, 0.2) is 12.2 Å². The third-order valence-corrected chi connectivity index (χ3v) is 8.17. The van der Waals surface area contributed by atoms with Gasteiger partial charge in [-0.1, -0.05) is 74.5 Å². The summed E-state index contributed by atoms with van der Waals surface area (Å²) in [5.74, 6) is -0.376. The van der Waals surface area contributed by atoms with Crippen LogP contribution in [0.4, 0.5) is 0 Å². The molecule has 0 saturated carbocycles. The van der Waals surface area contributed by atoms with Gasteiger partial charge in [-0.2, -0.15) is 0 Å². The molecule has 0 spiro atoms. The summed E-state index contributed by atoms with van der Waals surface area (Å²) in [7, 11) is 0. The first-order valence-corrected chi connectivity index (χ1v) is 10.6. The van der Waals surface area contributed by atoms with Crippen molar-refractivity contribution in [3.63, 3.8) is 0 Å². The van der Waals surface area contributed by atoms with Crippen LogP contribution >= 0.6 is 22.9 Å². The second kappa shape index (κ2) is 7.56. The number of hydrogen-bond donors (Lipinski definition) is 0. The molecule has 3 nitrogen and oxygen atoms in total. The minimum atomic E-state index is -0.225. The second-order valence-corrected chi connectivity index (χ2v) is 12.1. The Morgan fingerprint density at radius 3 is 1.88 bits per heavy atom. The Labute approximate surface area is 174 Å². The van der Waals surface area contributed by atoms with E-state index in [1.807, 2.05) is 22.9 Å². The highest BCUT2D eigenvalue weighted by molar-refractivity contribution is 14.1. The fourth-order valence-corrected chi connectivity index (χ4v) is 4.31. The van der Waals surface area contributed by atoms with Crippen LogP contribution in [0.3, 0.4) is 0 Å². The topological polar surface area (TPSA) is 37.4 Å².